The van der Waals surface area contributed by atoms with E-state index < -0.39 is 10.8 Å². The normalized spacial score (nSPS) is 14.9. The van der Waals surface area contributed by atoms with Crippen molar-refractivity contribution in [3.8, 4) is 0 Å². The van der Waals surface area contributed by atoms with Gasteiger partial charge < -0.3 is 15.1 Å². The molecule has 0 aliphatic carbocycles. The van der Waals surface area contributed by atoms with E-state index in [0.29, 0.717) is 11.5 Å². The lowest BCUT2D eigenvalue weighted by Crippen LogP contribution is -2.44. The molecule has 1 aromatic heterocycles. The molecule has 1 fully saturated rings. The molecule has 1 amide bonds. The van der Waals surface area contributed by atoms with Crippen LogP contribution in [0.4, 0.5) is 17.2 Å². The van der Waals surface area contributed by atoms with Gasteiger partial charge in [0, 0.05) is 44.0 Å². The summed E-state index contributed by atoms with van der Waals surface area (Å²) in [7, 11) is 2.03. The molecule has 1 aromatic carbocycles. The second-order valence-electron chi connectivity index (χ2n) is 6.37. The van der Waals surface area contributed by atoms with E-state index in [4.69, 9.17) is 0 Å². The molecule has 0 saturated carbocycles. The van der Waals surface area contributed by atoms with Gasteiger partial charge in [0.05, 0.1) is 4.92 Å². The summed E-state index contributed by atoms with van der Waals surface area (Å²) in [6, 6.07) is 8.22. The van der Waals surface area contributed by atoms with Crippen molar-refractivity contribution < 1.29 is 9.72 Å². The highest BCUT2D eigenvalue weighted by Gasteiger charge is 2.24. The average Bonchev–Trinajstić information content (AvgIpc) is 2.63. The van der Waals surface area contributed by atoms with E-state index in [1.54, 1.807) is 24.4 Å². The van der Waals surface area contributed by atoms with Crippen LogP contribution in [0.5, 0.6) is 0 Å². The average molecular weight is 355 g/mol. The summed E-state index contributed by atoms with van der Waals surface area (Å²) in [4.78, 5) is 31.9. The Morgan fingerprint density at radius 1 is 1.23 bits per heavy atom. The monoisotopic (exact) mass is 355 g/mol. The summed E-state index contributed by atoms with van der Waals surface area (Å²) in [5, 5.41) is 14.2. The molecular weight excluding hydrogens is 334 g/mol. The second-order valence-corrected chi connectivity index (χ2v) is 6.37. The zero-order chi connectivity index (χ0) is 18.7. The number of nitro benzene ring substituents is 1. The smallest absolute Gasteiger partial charge is 0.293 e. The number of benzene rings is 1. The number of piperazine rings is 1. The Morgan fingerprint density at radius 3 is 2.62 bits per heavy atom. The van der Waals surface area contributed by atoms with Gasteiger partial charge >= 0.3 is 0 Å². The standard InChI is InChI=1S/C18H21N5O3/c1-13-4-3-7-19-17(13)20-18(24)14-5-6-15(16(12-14)23(25)26)22-10-8-21(2)9-11-22/h3-7,12H,8-11H2,1-2H3,(H,19,20,24). The molecule has 1 aliphatic rings. The predicted molar refractivity (Wildman–Crippen MR) is 99.7 cm³/mol. The highest BCUT2D eigenvalue weighted by Crippen LogP contribution is 2.30. The quantitative estimate of drug-likeness (QED) is 0.668. The van der Waals surface area contributed by atoms with Crippen molar-refractivity contribution >= 4 is 23.1 Å². The van der Waals surface area contributed by atoms with Gasteiger partial charge in [-0.1, -0.05) is 6.07 Å². The fourth-order valence-electron chi connectivity index (χ4n) is 2.92. The largest absolute Gasteiger partial charge is 0.363 e. The molecule has 1 aliphatic heterocycles. The first kappa shape index (κ1) is 17.8. The van der Waals surface area contributed by atoms with Gasteiger partial charge in [0.15, 0.2) is 0 Å². The van der Waals surface area contributed by atoms with Gasteiger partial charge in [-0.05, 0) is 37.7 Å². The number of carbonyl (C=O) groups excluding carboxylic acids is 1. The number of nitro groups is 1. The van der Waals surface area contributed by atoms with Crippen molar-refractivity contribution in [1.29, 1.82) is 0 Å². The zero-order valence-corrected chi connectivity index (χ0v) is 14.8. The number of nitrogens with zero attached hydrogens (tertiary/aromatic N) is 4. The van der Waals surface area contributed by atoms with Crippen molar-refractivity contribution in [3.05, 3.63) is 57.8 Å². The molecule has 8 nitrogen and oxygen atoms in total. The minimum absolute atomic E-state index is 0.0556. The van der Waals surface area contributed by atoms with Crippen LogP contribution in [0, 0.1) is 17.0 Å². The number of hydrogen-bond donors (Lipinski definition) is 1. The van der Waals surface area contributed by atoms with E-state index >= 15 is 0 Å². The molecule has 2 aromatic rings. The maximum atomic E-state index is 12.5. The van der Waals surface area contributed by atoms with Crippen LogP contribution in [0.1, 0.15) is 15.9 Å². The first-order chi connectivity index (χ1) is 12.5. The third kappa shape index (κ3) is 3.80. The van der Waals surface area contributed by atoms with Gasteiger partial charge in [-0.15, -0.1) is 0 Å². The van der Waals surface area contributed by atoms with Crippen molar-refractivity contribution in [1.82, 2.24) is 9.88 Å². The summed E-state index contributed by atoms with van der Waals surface area (Å²) in [6.45, 7) is 4.96. The minimum Gasteiger partial charge on any atom is -0.363 e. The molecule has 0 unspecified atom stereocenters. The number of aromatic nitrogens is 1. The van der Waals surface area contributed by atoms with Gasteiger partial charge in [-0.2, -0.15) is 0 Å². The predicted octanol–water partition coefficient (Wildman–Crippen LogP) is 2.30. The first-order valence-corrected chi connectivity index (χ1v) is 8.40. The topological polar surface area (TPSA) is 91.6 Å². The Kier molecular flexibility index (Phi) is 5.13. The molecule has 1 N–H and O–H groups in total. The summed E-state index contributed by atoms with van der Waals surface area (Å²) in [5.74, 6) is 0.0307. The molecular formula is C18H21N5O3. The molecule has 3 rings (SSSR count). The Balaban J connectivity index is 1.85. The van der Waals surface area contributed by atoms with Crippen molar-refractivity contribution in [2.24, 2.45) is 0 Å². The molecule has 0 atom stereocenters. The Hall–Kier alpha value is -3.00. The Labute approximate surface area is 151 Å². The van der Waals surface area contributed by atoms with Crippen molar-refractivity contribution in [2.45, 2.75) is 6.92 Å². The fraction of sp³-hybridized carbons (Fsp3) is 0.333. The summed E-state index contributed by atoms with van der Waals surface area (Å²) in [5.41, 5.74) is 1.55. The SMILES string of the molecule is Cc1cccnc1NC(=O)c1ccc(N2CCN(C)CC2)c([N+](=O)[O-])c1. The highest BCUT2D eigenvalue weighted by atomic mass is 16.6. The number of likely N-dealkylation sites (N-methyl/N-ethyl adjacent to an activating group) is 1. The molecule has 26 heavy (non-hydrogen) atoms. The van der Waals surface area contributed by atoms with Crippen molar-refractivity contribution in [2.75, 3.05) is 43.4 Å². The molecule has 0 radical (unpaired) electrons. The lowest BCUT2D eigenvalue weighted by atomic mass is 10.1. The van der Waals surface area contributed by atoms with Crippen LogP contribution < -0.4 is 10.2 Å². The van der Waals surface area contributed by atoms with Crippen LogP contribution in [0.3, 0.4) is 0 Å². The molecule has 2 heterocycles. The summed E-state index contributed by atoms with van der Waals surface area (Å²) < 4.78 is 0. The number of carbonyl (C=O) groups is 1. The van der Waals surface area contributed by atoms with Crippen LogP contribution in [-0.2, 0) is 0 Å². The van der Waals surface area contributed by atoms with E-state index in [1.807, 2.05) is 24.9 Å². The number of rotatable bonds is 4. The van der Waals surface area contributed by atoms with Crippen LogP contribution >= 0.6 is 0 Å². The van der Waals surface area contributed by atoms with Gasteiger partial charge in [0.25, 0.3) is 11.6 Å². The molecule has 0 spiro atoms. The molecule has 0 bridgehead atoms. The third-order valence-electron chi connectivity index (χ3n) is 4.52. The maximum absolute atomic E-state index is 12.5. The van der Waals surface area contributed by atoms with Gasteiger partial charge in [-0.25, -0.2) is 4.98 Å². The van der Waals surface area contributed by atoms with E-state index in [1.165, 1.54) is 6.07 Å². The number of amides is 1. The van der Waals surface area contributed by atoms with Gasteiger partial charge in [-0.3, -0.25) is 14.9 Å². The Morgan fingerprint density at radius 2 is 1.96 bits per heavy atom. The van der Waals surface area contributed by atoms with E-state index in [2.05, 4.69) is 15.2 Å². The lowest BCUT2D eigenvalue weighted by molar-refractivity contribution is -0.384. The van der Waals surface area contributed by atoms with Gasteiger partial charge in [0.1, 0.15) is 11.5 Å². The number of anilines is 2. The van der Waals surface area contributed by atoms with E-state index in [0.717, 1.165) is 31.7 Å². The van der Waals surface area contributed by atoms with Crippen LogP contribution in [0.2, 0.25) is 0 Å². The maximum Gasteiger partial charge on any atom is 0.293 e. The number of pyridine rings is 1. The minimum atomic E-state index is -0.434. The van der Waals surface area contributed by atoms with Crippen molar-refractivity contribution in [3.63, 3.8) is 0 Å². The summed E-state index contributed by atoms with van der Waals surface area (Å²) >= 11 is 0. The first-order valence-electron chi connectivity index (χ1n) is 8.40. The van der Waals surface area contributed by atoms with Crippen LogP contribution in [-0.4, -0.2) is 53.9 Å². The van der Waals surface area contributed by atoms with E-state index in [9.17, 15) is 14.9 Å². The van der Waals surface area contributed by atoms with Gasteiger partial charge in [0.2, 0.25) is 0 Å². The fourth-order valence-corrected chi connectivity index (χ4v) is 2.92. The lowest BCUT2D eigenvalue weighted by Gasteiger charge is -2.33. The van der Waals surface area contributed by atoms with Crippen LogP contribution in [0.15, 0.2) is 36.5 Å². The third-order valence-corrected chi connectivity index (χ3v) is 4.52. The summed E-state index contributed by atoms with van der Waals surface area (Å²) in [6.07, 6.45) is 1.58. The molecule has 136 valence electrons. The number of nitrogens with one attached hydrogen (secondary N) is 1. The second kappa shape index (κ2) is 7.49. The number of hydrogen-bond acceptors (Lipinski definition) is 6. The van der Waals surface area contributed by atoms with E-state index in [-0.39, 0.29) is 11.3 Å². The molecule has 1 saturated heterocycles. The number of aryl methyl sites for hydroxylation is 1. The Bertz CT molecular complexity index is 831. The van der Waals surface area contributed by atoms with Crippen LogP contribution in [0.25, 0.3) is 0 Å². The molecule has 8 heteroatoms. The highest BCUT2D eigenvalue weighted by molar-refractivity contribution is 6.05. The zero-order valence-electron chi connectivity index (χ0n) is 14.8.